The van der Waals surface area contributed by atoms with Gasteiger partial charge in [-0.2, -0.15) is 5.10 Å². The molecule has 1 N–H and O–H groups in total. The second kappa shape index (κ2) is 7.89. The molecule has 1 aliphatic rings. The van der Waals surface area contributed by atoms with Gasteiger partial charge in [0.2, 0.25) is 15.9 Å². The summed E-state index contributed by atoms with van der Waals surface area (Å²) in [4.78, 5) is 23.3. The van der Waals surface area contributed by atoms with Crippen molar-refractivity contribution in [2.45, 2.75) is 25.8 Å². The number of hydrogen-bond acceptors (Lipinski definition) is 6. The third-order valence-electron chi connectivity index (χ3n) is 4.35. The van der Waals surface area contributed by atoms with Crippen LogP contribution >= 0.6 is 0 Å². The number of carbonyl (C=O) groups excluding carboxylic acids is 1. The fraction of sp³-hybridized carbons (Fsp3) is 0.263. The van der Waals surface area contributed by atoms with Gasteiger partial charge in [-0.1, -0.05) is 31.2 Å². The zero-order valence-electron chi connectivity index (χ0n) is 15.5. The van der Waals surface area contributed by atoms with Crippen LogP contribution < -0.4 is 4.72 Å². The Hall–Kier alpha value is -3.07. The summed E-state index contributed by atoms with van der Waals surface area (Å²) < 4.78 is 25.1. The zero-order chi connectivity index (χ0) is 20.3. The van der Waals surface area contributed by atoms with E-state index in [1.807, 2.05) is 6.07 Å². The van der Waals surface area contributed by atoms with Gasteiger partial charge < -0.3 is 0 Å². The Morgan fingerprint density at radius 1 is 1.25 bits per heavy atom. The van der Waals surface area contributed by atoms with Gasteiger partial charge in [0, 0.05) is 18.5 Å². The maximum absolute atomic E-state index is 12.4. The molecule has 0 fully saturated rings. The Balaban J connectivity index is 1.90. The van der Waals surface area contributed by atoms with Crippen molar-refractivity contribution in [3.63, 3.8) is 0 Å². The van der Waals surface area contributed by atoms with Crippen LogP contribution in [0, 0.1) is 4.91 Å². The molecule has 0 spiro atoms. The largest absolute Gasteiger partial charge is 0.284 e. The number of benzene rings is 2. The highest BCUT2D eigenvalue weighted by atomic mass is 32.2. The quantitative estimate of drug-likeness (QED) is 0.748. The normalized spacial score (nSPS) is 16.6. The molecule has 0 radical (unpaired) electrons. The summed E-state index contributed by atoms with van der Waals surface area (Å²) in [6.07, 6.45) is 1.87. The first kappa shape index (κ1) is 19.7. The van der Waals surface area contributed by atoms with E-state index in [0.29, 0.717) is 29.9 Å². The molecule has 2 aromatic carbocycles. The highest BCUT2D eigenvalue weighted by molar-refractivity contribution is 7.92. The summed E-state index contributed by atoms with van der Waals surface area (Å²) in [6.45, 7) is 1.77. The first-order valence-corrected chi connectivity index (χ1v) is 10.6. The van der Waals surface area contributed by atoms with Crippen molar-refractivity contribution in [3.8, 4) is 0 Å². The number of nitrogens with one attached hydrogen (secondary N) is 1. The van der Waals surface area contributed by atoms with Crippen molar-refractivity contribution in [3.05, 3.63) is 64.6 Å². The molecule has 0 saturated carbocycles. The third-order valence-corrected chi connectivity index (χ3v) is 4.96. The fourth-order valence-electron chi connectivity index (χ4n) is 3.07. The summed E-state index contributed by atoms with van der Waals surface area (Å²) in [6, 6.07) is 13.3. The van der Waals surface area contributed by atoms with Crippen molar-refractivity contribution in [1.82, 2.24) is 5.01 Å². The molecule has 146 valence electrons. The lowest BCUT2D eigenvalue weighted by atomic mass is 9.98. The van der Waals surface area contributed by atoms with Gasteiger partial charge in [-0.3, -0.25) is 9.52 Å². The van der Waals surface area contributed by atoms with E-state index in [-0.39, 0.29) is 11.9 Å². The first-order valence-electron chi connectivity index (χ1n) is 8.72. The van der Waals surface area contributed by atoms with Gasteiger partial charge in [0.1, 0.15) is 5.69 Å². The summed E-state index contributed by atoms with van der Waals surface area (Å²) in [5.74, 6) is -0.125. The highest BCUT2D eigenvalue weighted by Gasteiger charge is 2.32. The minimum absolute atomic E-state index is 0.125. The minimum Gasteiger partial charge on any atom is -0.284 e. The van der Waals surface area contributed by atoms with Gasteiger partial charge >= 0.3 is 0 Å². The molecule has 1 unspecified atom stereocenters. The Labute approximate surface area is 163 Å². The standard InChI is InChI=1S/C19H20N4O4S/c1-3-19(24)23-18(14-5-4-6-16(11-14)21-25)12-17(20-23)13-7-9-15(10-8-13)22-28(2,26)27/h4-11,18,22H,3,12H2,1-2H3. The molecule has 1 atom stereocenters. The first-order chi connectivity index (χ1) is 13.3. The minimum atomic E-state index is -3.35. The lowest BCUT2D eigenvalue weighted by Crippen LogP contribution is -2.26. The molecule has 0 aromatic heterocycles. The van der Waals surface area contributed by atoms with Gasteiger partial charge in [0.05, 0.1) is 18.0 Å². The number of amides is 1. The maximum atomic E-state index is 12.4. The smallest absolute Gasteiger partial charge is 0.242 e. The lowest BCUT2D eigenvalue weighted by molar-refractivity contribution is -0.132. The van der Waals surface area contributed by atoms with Crippen LogP contribution in [-0.2, 0) is 14.8 Å². The Bertz CT molecular complexity index is 1030. The van der Waals surface area contributed by atoms with Crippen LogP contribution in [0.15, 0.2) is 58.8 Å². The van der Waals surface area contributed by atoms with E-state index >= 15 is 0 Å². The van der Waals surface area contributed by atoms with Gasteiger partial charge in [-0.25, -0.2) is 13.4 Å². The molecular weight excluding hydrogens is 380 g/mol. The Morgan fingerprint density at radius 2 is 1.96 bits per heavy atom. The molecule has 0 saturated heterocycles. The molecular formula is C19H20N4O4S. The van der Waals surface area contributed by atoms with Crippen LogP contribution in [0.2, 0.25) is 0 Å². The average Bonchev–Trinajstić information content (AvgIpc) is 3.12. The van der Waals surface area contributed by atoms with Crippen LogP contribution in [0.1, 0.15) is 36.9 Å². The van der Waals surface area contributed by atoms with E-state index in [1.165, 1.54) is 5.01 Å². The van der Waals surface area contributed by atoms with Crippen molar-refractivity contribution in [2.75, 3.05) is 11.0 Å². The molecule has 1 amide bonds. The average molecular weight is 400 g/mol. The van der Waals surface area contributed by atoms with E-state index in [1.54, 1.807) is 49.4 Å². The lowest BCUT2D eigenvalue weighted by Gasteiger charge is -2.21. The number of hydrazone groups is 1. The predicted octanol–water partition coefficient (Wildman–Crippen LogP) is 3.54. The van der Waals surface area contributed by atoms with E-state index in [4.69, 9.17) is 0 Å². The van der Waals surface area contributed by atoms with E-state index in [2.05, 4.69) is 15.0 Å². The second-order valence-corrected chi connectivity index (χ2v) is 8.24. The SMILES string of the molecule is CCC(=O)N1N=C(c2ccc(NS(C)(=O)=O)cc2)CC1c1cccc(N=O)c1. The van der Waals surface area contributed by atoms with Crippen molar-refractivity contribution >= 4 is 33.0 Å². The summed E-state index contributed by atoms with van der Waals surface area (Å²) in [5, 5.41) is 8.91. The molecule has 9 heteroatoms. The van der Waals surface area contributed by atoms with Gasteiger partial charge in [0.15, 0.2) is 0 Å². The Morgan fingerprint density at radius 3 is 2.57 bits per heavy atom. The number of sulfonamides is 1. The molecule has 8 nitrogen and oxygen atoms in total. The van der Waals surface area contributed by atoms with Crippen LogP contribution in [0.4, 0.5) is 11.4 Å². The number of nitroso groups, excluding NO2 is 1. The van der Waals surface area contributed by atoms with Crippen molar-refractivity contribution < 1.29 is 13.2 Å². The Kier molecular flexibility index (Phi) is 5.55. The molecule has 1 aliphatic heterocycles. The topological polar surface area (TPSA) is 108 Å². The predicted molar refractivity (Wildman–Crippen MR) is 108 cm³/mol. The molecule has 28 heavy (non-hydrogen) atoms. The van der Waals surface area contributed by atoms with E-state index in [9.17, 15) is 18.1 Å². The van der Waals surface area contributed by atoms with Crippen molar-refractivity contribution in [1.29, 1.82) is 0 Å². The maximum Gasteiger partial charge on any atom is 0.242 e. The highest BCUT2D eigenvalue weighted by Crippen LogP contribution is 2.34. The molecule has 0 bridgehead atoms. The van der Waals surface area contributed by atoms with Gasteiger partial charge in [0.25, 0.3) is 0 Å². The zero-order valence-corrected chi connectivity index (χ0v) is 16.3. The van der Waals surface area contributed by atoms with Crippen LogP contribution in [-0.4, -0.2) is 31.3 Å². The second-order valence-electron chi connectivity index (χ2n) is 6.50. The number of carbonyl (C=O) groups is 1. The summed E-state index contributed by atoms with van der Waals surface area (Å²) >= 11 is 0. The van der Waals surface area contributed by atoms with Gasteiger partial charge in [-0.15, -0.1) is 4.91 Å². The van der Waals surface area contributed by atoms with Gasteiger partial charge in [-0.05, 0) is 40.6 Å². The number of anilines is 1. The third kappa shape index (κ3) is 4.42. The van der Waals surface area contributed by atoms with Crippen molar-refractivity contribution in [2.24, 2.45) is 10.3 Å². The number of rotatable bonds is 6. The van der Waals surface area contributed by atoms with E-state index in [0.717, 1.165) is 17.4 Å². The molecule has 1 heterocycles. The fourth-order valence-corrected chi connectivity index (χ4v) is 3.63. The summed E-state index contributed by atoms with van der Waals surface area (Å²) in [5.41, 5.74) is 3.04. The number of hydrogen-bond donors (Lipinski definition) is 1. The summed E-state index contributed by atoms with van der Waals surface area (Å²) in [7, 11) is -3.35. The molecule has 0 aliphatic carbocycles. The molecule has 3 rings (SSSR count). The van der Waals surface area contributed by atoms with Crippen LogP contribution in [0.25, 0.3) is 0 Å². The van der Waals surface area contributed by atoms with E-state index < -0.39 is 10.0 Å². The van der Waals surface area contributed by atoms with Crippen LogP contribution in [0.3, 0.4) is 0 Å². The number of nitrogens with zero attached hydrogens (tertiary/aromatic N) is 3. The van der Waals surface area contributed by atoms with Crippen LogP contribution in [0.5, 0.6) is 0 Å². The monoisotopic (exact) mass is 400 g/mol. The molecule has 2 aromatic rings.